The van der Waals surface area contributed by atoms with Gasteiger partial charge in [0.1, 0.15) is 0 Å². The van der Waals surface area contributed by atoms with Crippen LogP contribution in [0.15, 0.2) is 56.2 Å². The first-order valence-corrected chi connectivity index (χ1v) is 11.0. The van der Waals surface area contributed by atoms with Gasteiger partial charge in [0.15, 0.2) is 5.58 Å². The van der Waals surface area contributed by atoms with Crippen molar-refractivity contribution >= 4 is 22.7 Å². The highest BCUT2D eigenvalue weighted by Gasteiger charge is 2.26. The Bertz CT molecular complexity index is 1290. The highest BCUT2D eigenvalue weighted by molar-refractivity contribution is 6.31. The van der Waals surface area contributed by atoms with E-state index in [0.29, 0.717) is 29.0 Å². The van der Waals surface area contributed by atoms with Crippen molar-refractivity contribution in [3.8, 4) is 11.4 Å². The highest BCUT2D eigenvalue weighted by atomic mass is 35.5. The van der Waals surface area contributed by atoms with Crippen molar-refractivity contribution in [3.63, 3.8) is 0 Å². The molecule has 8 nitrogen and oxygen atoms in total. The fourth-order valence-corrected chi connectivity index (χ4v) is 4.21. The number of aromatic nitrogens is 3. The molecule has 32 heavy (non-hydrogen) atoms. The van der Waals surface area contributed by atoms with Crippen LogP contribution < -0.4 is 5.76 Å². The molecule has 2 aromatic carbocycles. The molecule has 1 saturated heterocycles. The van der Waals surface area contributed by atoms with Crippen LogP contribution in [0.3, 0.4) is 0 Å². The van der Waals surface area contributed by atoms with E-state index in [2.05, 4.69) is 26.9 Å². The number of fused-ring (bicyclic) bond motifs is 1. The maximum absolute atomic E-state index is 12.3. The summed E-state index contributed by atoms with van der Waals surface area (Å²) in [5, 5.41) is 4.71. The minimum atomic E-state index is -0.368. The number of aryl methyl sites for hydroxylation is 1. The molecule has 0 amide bonds. The largest absolute Gasteiger partial charge is 0.421 e. The zero-order chi connectivity index (χ0) is 22.2. The summed E-state index contributed by atoms with van der Waals surface area (Å²) in [6, 6.07) is 13.4. The third-order valence-corrected chi connectivity index (χ3v) is 6.27. The molecule has 1 atom stereocenters. The average Bonchev–Trinajstić information content (AvgIpc) is 3.39. The Morgan fingerprint density at radius 1 is 1.09 bits per heavy atom. The maximum Gasteiger partial charge on any atom is 0.421 e. The van der Waals surface area contributed by atoms with Gasteiger partial charge in [-0.15, -0.1) is 0 Å². The molecule has 9 heteroatoms. The molecule has 166 valence electrons. The summed E-state index contributed by atoms with van der Waals surface area (Å²) >= 11 is 6.01. The van der Waals surface area contributed by atoms with Crippen LogP contribution in [0.4, 0.5) is 0 Å². The number of oxazole rings is 1. The fraction of sp³-hybridized carbons (Fsp3) is 0.348. The Hall–Kier alpha value is -2.94. The minimum Gasteiger partial charge on any atom is -0.408 e. The molecule has 0 aliphatic carbocycles. The third-order valence-electron chi connectivity index (χ3n) is 6.04. The van der Waals surface area contributed by atoms with Gasteiger partial charge in [-0.2, -0.15) is 4.98 Å². The Morgan fingerprint density at radius 3 is 2.59 bits per heavy atom. The van der Waals surface area contributed by atoms with Crippen molar-refractivity contribution in [3.05, 3.63) is 69.5 Å². The monoisotopic (exact) mass is 453 g/mol. The highest BCUT2D eigenvalue weighted by Crippen LogP contribution is 2.24. The molecule has 5 rings (SSSR count). The van der Waals surface area contributed by atoms with Gasteiger partial charge in [0.2, 0.25) is 11.7 Å². The minimum absolute atomic E-state index is 0.0171. The Kier molecular flexibility index (Phi) is 5.58. The molecule has 3 heterocycles. The summed E-state index contributed by atoms with van der Waals surface area (Å²) in [4.78, 5) is 21.5. The lowest BCUT2D eigenvalue weighted by atomic mass is 10.1. The van der Waals surface area contributed by atoms with Crippen molar-refractivity contribution < 1.29 is 8.94 Å². The number of nitrogens with zero attached hydrogens (tertiary/aromatic N) is 5. The van der Waals surface area contributed by atoms with Crippen LogP contribution in [0.1, 0.15) is 24.4 Å². The maximum atomic E-state index is 12.3. The van der Waals surface area contributed by atoms with E-state index in [0.717, 1.165) is 37.3 Å². The summed E-state index contributed by atoms with van der Waals surface area (Å²) in [7, 11) is 0. The Morgan fingerprint density at radius 2 is 1.84 bits per heavy atom. The molecule has 0 bridgehead atoms. The van der Waals surface area contributed by atoms with Gasteiger partial charge < -0.3 is 8.94 Å². The van der Waals surface area contributed by atoms with Gasteiger partial charge in [-0.1, -0.05) is 46.6 Å². The summed E-state index contributed by atoms with van der Waals surface area (Å²) in [6.07, 6.45) is 0. The third kappa shape index (κ3) is 4.09. The number of benzene rings is 2. The zero-order valence-corrected chi connectivity index (χ0v) is 18.7. The van der Waals surface area contributed by atoms with Crippen LogP contribution in [0, 0.1) is 6.92 Å². The summed E-state index contributed by atoms with van der Waals surface area (Å²) in [5.41, 5.74) is 3.40. The molecule has 1 aliphatic rings. The van der Waals surface area contributed by atoms with Gasteiger partial charge >= 0.3 is 5.76 Å². The number of halogens is 1. The molecule has 0 unspecified atom stereocenters. The Balaban J connectivity index is 1.23. The number of hydrogen-bond donors (Lipinski definition) is 0. The second kappa shape index (κ2) is 8.54. The fourth-order valence-electron chi connectivity index (χ4n) is 4.05. The molecule has 0 N–H and O–H groups in total. The lowest BCUT2D eigenvalue weighted by molar-refractivity contribution is 0.0710. The molecule has 0 radical (unpaired) electrons. The first-order valence-electron chi connectivity index (χ1n) is 10.6. The molecule has 2 aromatic heterocycles. The average molecular weight is 454 g/mol. The second-order valence-corrected chi connectivity index (χ2v) is 8.64. The smallest absolute Gasteiger partial charge is 0.408 e. The van der Waals surface area contributed by atoms with Gasteiger partial charge in [0.05, 0.1) is 18.2 Å². The SMILES string of the molecule is Cc1ccc(-c2noc([C@@H](C)N3CCN(Cn4c(=O)oc5cc(Cl)ccc54)CC3)n2)cc1. The van der Waals surface area contributed by atoms with Crippen molar-refractivity contribution in [2.45, 2.75) is 26.6 Å². The van der Waals surface area contributed by atoms with Crippen molar-refractivity contribution in [2.75, 3.05) is 26.2 Å². The second-order valence-electron chi connectivity index (χ2n) is 8.20. The predicted molar refractivity (Wildman–Crippen MR) is 122 cm³/mol. The van der Waals surface area contributed by atoms with Crippen LogP contribution in [0.2, 0.25) is 5.02 Å². The number of rotatable bonds is 5. The zero-order valence-electron chi connectivity index (χ0n) is 18.0. The van der Waals surface area contributed by atoms with Crippen LogP contribution in [-0.2, 0) is 6.67 Å². The van der Waals surface area contributed by atoms with Gasteiger partial charge in [-0.3, -0.25) is 14.4 Å². The topological polar surface area (TPSA) is 80.5 Å². The molecule has 4 aromatic rings. The molecule has 0 saturated carbocycles. The van der Waals surface area contributed by atoms with Gasteiger partial charge in [0.25, 0.3) is 0 Å². The van der Waals surface area contributed by atoms with Gasteiger partial charge in [-0.25, -0.2) is 4.79 Å². The van der Waals surface area contributed by atoms with E-state index in [1.165, 1.54) is 5.56 Å². The lowest BCUT2D eigenvalue weighted by Crippen LogP contribution is -2.48. The van der Waals surface area contributed by atoms with Crippen LogP contribution in [0.5, 0.6) is 0 Å². The van der Waals surface area contributed by atoms with Crippen molar-refractivity contribution in [2.24, 2.45) is 0 Å². The first kappa shape index (κ1) is 20.9. The molecular weight excluding hydrogens is 430 g/mol. The van der Waals surface area contributed by atoms with E-state index in [-0.39, 0.29) is 11.8 Å². The van der Waals surface area contributed by atoms with E-state index < -0.39 is 0 Å². The van der Waals surface area contributed by atoms with E-state index in [1.54, 1.807) is 16.7 Å². The van der Waals surface area contributed by atoms with Gasteiger partial charge in [-0.05, 0) is 26.0 Å². The first-order chi connectivity index (χ1) is 15.5. The molecule has 0 spiro atoms. The van der Waals surface area contributed by atoms with Crippen molar-refractivity contribution in [1.82, 2.24) is 24.5 Å². The number of hydrogen-bond acceptors (Lipinski definition) is 7. The lowest BCUT2D eigenvalue weighted by Gasteiger charge is -2.36. The van der Waals surface area contributed by atoms with E-state index in [9.17, 15) is 4.79 Å². The van der Waals surface area contributed by atoms with Crippen LogP contribution in [-0.4, -0.2) is 50.7 Å². The summed E-state index contributed by atoms with van der Waals surface area (Å²) < 4.78 is 12.6. The predicted octanol–water partition coefficient (Wildman–Crippen LogP) is 3.94. The van der Waals surface area contributed by atoms with Crippen molar-refractivity contribution in [1.29, 1.82) is 0 Å². The van der Waals surface area contributed by atoms with E-state index >= 15 is 0 Å². The van der Waals surface area contributed by atoms with Crippen LogP contribution >= 0.6 is 11.6 Å². The van der Waals surface area contributed by atoms with E-state index in [1.807, 2.05) is 37.3 Å². The Labute approximate surface area is 190 Å². The van der Waals surface area contributed by atoms with Crippen LogP contribution in [0.25, 0.3) is 22.5 Å². The molecule has 1 fully saturated rings. The summed E-state index contributed by atoms with van der Waals surface area (Å²) in [5.74, 6) is 0.854. The van der Waals surface area contributed by atoms with Gasteiger partial charge in [0, 0.05) is 42.8 Å². The molecule has 1 aliphatic heterocycles. The number of piperazine rings is 1. The van der Waals surface area contributed by atoms with E-state index in [4.69, 9.17) is 20.5 Å². The molecular formula is C23H24ClN5O3. The normalized spacial score (nSPS) is 16.6. The quantitative estimate of drug-likeness (QED) is 0.452. The standard InChI is InChI=1S/C23H24ClN5O3/c1-15-3-5-17(6-4-15)21-25-22(32-26-21)16(2)28-11-9-27(10-12-28)14-29-19-8-7-18(24)13-20(19)31-23(29)30/h3-8,13,16H,9-12,14H2,1-2H3/t16-/m1/s1. The summed E-state index contributed by atoms with van der Waals surface area (Å²) in [6.45, 7) is 7.91.